The lowest BCUT2D eigenvalue weighted by atomic mass is 10.1. The van der Waals surface area contributed by atoms with Crippen LogP contribution < -0.4 is 9.62 Å². The molecule has 0 aromatic heterocycles. The van der Waals surface area contributed by atoms with Gasteiger partial charge in [0.25, 0.3) is 0 Å². The number of hydrogen-bond acceptors (Lipinski definition) is 3. The van der Waals surface area contributed by atoms with Crippen molar-refractivity contribution in [2.75, 3.05) is 10.6 Å². The molecule has 26 heavy (non-hydrogen) atoms. The third-order valence-corrected chi connectivity index (χ3v) is 5.13. The topological polar surface area (TPSA) is 66.5 Å². The molecule has 5 nitrogen and oxygen atoms in total. The minimum absolute atomic E-state index is 0.202. The van der Waals surface area contributed by atoms with Gasteiger partial charge in [0.15, 0.2) is 0 Å². The fraction of sp³-hybridized carbons (Fsp3) is 0.278. The Balaban J connectivity index is 2.25. The number of nitrogens with one attached hydrogen (secondary N) is 1. The molecule has 0 spiro atoms. The van der Waals surface area contributed by atoms with Crippen molar-refractivity contribution >= 4 is 21.6 Å². The van der Waals surface area contributed by atoms with E-state index in [-0.39, 0.29) is 5.69 Å². The van der Waals surface area contributed by atoms with Crippen molar-refractivity contribution in [1.82, 2.24) is 5.32 Å². The van der Waals surface area contributed by atoms with Crippen LogP contribution in [0.15, 0.2) is 48.5 Å². The van der Waals surface area contributed by atoms with E-state index < -0.39 is 39.6 Å². The van der Waals surface area contributed by atoms with Gasteiger partial charge >= 0.3 is 0 Å². The summed E-state index contributed by atoms with van der Waals surface area (Å²) in [4.78, 5) is 12.6. The van der Waals surface area contributed by atoms with Gasteiger partial charge in [-0.05, 0) is 43.7 Å². The van der Waals surface area contributed by atoms with E-state index >= 15 is 0 Å². The third-order valence-electron chi connectivity index (χ3n) is 3.91. The molecule has 2 unspecified atom stereocenters. The summed E-state index contributed by atoms with van der Waals surface area (Å²) in [5.74, 6) is -1.75. The van der Waals surface area contributed by atoms with Crippen LogP contribution >= 0.6 is 0 Å². The average Bonchev–Trinajstić information content (AvgIpc) is 2.56. The van der Waals surface area contributed by atoms with Gasteiger partial charge in [0.05, 0.1) is 18.0 Å². The summed E-state index contributed by atoms with van der Waals surface area (Å²) in [6.45, 7) is 3.06. The van der Waals surface area contributed by atoms with Gasteiger partial charge in [-0.2, -0.15) is 0 Å². The minimum atomic E-state index is -3.91. The predicted octanol–water partition coefficient (Wildman–Crippen LogP) is 3.00. The number of nitrogens with zero attached hydrogens (tertiary/aromatic N) is 1. The number of carbonyl (C=O) groups is 1. The Morgan fingerprint density at radius 3 is 2.15 bits per heavy atom. The van der Waals surface area contributed by atoms with Gasteiger partial charge in [-0.3, -0.25) is 9.10 Å². The molecule has 0 aliphatic rings. The Labute approximate surface area is 151 Å². The Kier molecular flexibility index (Phi) is 5.97. The average molecular weight is 382 g/mol. The number of anilines is 1. The Morgan fingerprint density at radius 2 is 1.62 bits per heavy atom. The highest BCUT2D eigenvalue weighted by Gasteiger charge is 2.31. The summed E-state index contributed by atoms with van der Waals surface area (Å²) in [6, 6.07) is 9.27. The van der Waals surface area contributed by atoms with Crippen LogP contribution in [0.1, 0.15) is 25.5 Å². The Hall–Kier alpha value is -2.48. The van der Waals surface area contributed by atoms with Gasteiger partial charge in [0, 0.05) is 0 Å². The van der Waals surface area contributed by atoms with Crippen LogP contribution in [-0.4, -0.2) is 26.6 Å². The number of benzene rings is 2. The van der Waals surface area contributed by atoms with E-state index in [2.05, 4.69) is 5.32 Å². The van der Waals surface area contributed by atoms with Crippen molar-refractivity contribution in [3.8, 4) is 0 Å². The molecule has 1 amide bonds. The first-order valence-electron chi connectivity index (χ1n) is 7.91. The van der Waals surface area contributed by atoms with Gasteiger partial charge in [-0.1, -0.05) is 24.3 Å². The molecule has 140 valence electrons. The monoisotopic (exact) mass is 382 g/mol. The number of para-hydroxylation sites is 1. The van der Waals surface area contributed by atoms with E-state index in [0.717, 1.165) is 16.6 Å². The van der Waals surface area contributed by atoms with Gasteiger partial charge in [-0.15, -0.1) is 0 Å². The minimum Gasteiger partial charge on any atom is -0.348 e. The quantitative estimate of drug-likeness (QED) is 0.835. The van der Waals surface area contributed by atoms with Crippen molar-refractivity contribution in [3.05, 3.63) is 65.7 Å². The lowest BCUT2D eigenvalue weighted by Gasteiger charge is -2.29. The zero-order valence-electron chi connectivity index (χ0n) is 14.6. The smallest absolute Gasteiger partial charge is 0.244 e. The molecule has 0 fully saturated rings. The molecule has 2 aromatic rings. The fourth-order valence-corrected chi connectivity index (χ4v) is 3.76. The van der Waals surface area contributed by atoms with E-state index in [9.17, 15) is 22.0 Å². The SMILES string of the molecule is CC(NC(=O)C(C)N(c1ccccc1F)S(C)(=O)=O)c1ccc(F)cc1. The molecule has 2 aromatic carbocycles. The Bertz CT molecular complexity index is 886. The maximum Gasteiger partial charge on any atom is 0.244 e. The lowest BCUT2D eigenvalue weighted by molar-refractivity contribution is -0.122. The van der Waals surface area contributed by atoms with Gasteiger partial charge in [-0.25, -0.2) is 17.2 Å². The molecule has 8 heteroatoms. The molecule has 0 radical (unpaired) electrons. The number of hydrogen-bond donors (Lipinski definition) is 1. The first-order valence-corrected chi connectivity index (χ1v) is 9.76. The molecule has 0 aliphatic carbocycles. The summed E-state index contributed by atoms with van der Waals surface area (Å²) in [7, 11) is -3.91. The van der Waals surface area contributed by atoms with Crippen molar-refractivity contribution in [2.45, 2.75) is 25.9 Å². The molecule has 0 aliphatic heterocycles. The largest absolute Gasteiger partial charge is 0.348 e. The lowest BCUT2D eigenvalue weighted by Crippen LogP contribution is -2.48. The van der Waals surface area contributed by atoms with Crippen LogP contribution in [0.5, 0.6) is 0 Å². The number of amides is 1. The molecular formula is C18H20F2N2O3S. The van der Waals surface area contributed by atoms with E-state index in [1.807, 2.05) is 0 Å². The maximum atomic E-state index is 14.1. The summed E-state index contributed by atoms with van der Waals surface area (Å²) in [5.41, 5.74) is 0.454. The number of rotatable bonds is 6. The molecule has 0 bridgehead atoms. The van der Waals surface area contributed by atoms with Crippen molar-refractivity contribution in [2.24, 2.45) is 0 Å². The zero-order chi connectivity index (χ0) is 19.5. The highest BCUT2D eigenvalue weighted by molar-refractivity contribution is 7.92. The van der Waals surface area contributed by atoms with Crippen LogP contribution in [0, 0.1) is 11.6 Å². The summed E-state index contributed by atoms with van der Waals surface area (Å²) < 4.78 is 52.2. The third kappa shape index (κ3) is 4.57. The van der Waals surface area contributed by atoms with Crippen LogP contribution in [0.2, 0.25) is 0 Å². The standard InChI is InChI=1S/C18H20F2N2O3S/c1-12(14-8-10-15(19)11-9-14)21-18(23)13(2)22(26(3,24)25)17-7-5-4-6-16(17)20/h4-13H,1-3H3,(H,21,23). The number of sulfonamides is 1. The highest BCUT2D eigenvalue weighted by Crippen LogP contribution is 2.24. The zero-order valence-corrected chi connectivity index (χ0v) is 15.4. The first kappa shape index (κ1) is 19.8. The van der Waals surface area contributed by atoms with Crippen LogP contribution in [-0.2, 0) is 14.8 Å². The molecule has 0 saturated heterocycles. The molecular weight excluding hydrogens is 362 g/mol. The molecule has 0 heterocycles. The number of halogens is 2. The molecule has 1 N–H and O–H groups in total. The second kappa shape index (κ2) is 7.82. The summed E-state index contributed by atoms with van der Waals surface area (Å²) in [6.07, 6.45) is 0.909. The fourth-order valence-electron chi connectivity index (χ4n) is 2.58. The normalized spacial score (nSPS) is 13.7. The van der Waals surface area contributed by atoms with Crippen molar-refractivity contribution in [3.63, 3.8) is 0 Å². The maximum absolute atomic E-state index is 14.1. The van der Waals surface area contributed by atoms with Gasteiger partial charge in [0.1, 0.15) is 17.7 Å². The van der Waals surface area contributed by atoms with Crippen LogP contribution in [0.4, 0.5) is 14.5 Å². The van der Waals surface area contributed by atoms with E-state index in [0.29, 0.717) is 5.56 Å². The summed E-state index contributed by atoms with van der Waals surface area (Å²) >= 11 is 0. The van der Waals surface area contributed by atoms with Gasteiger partial charge in [0.2, 0.25) is 15.9 Å². The molecule has 2 rings (SSSR count). The molecule has 2 atom stereocenters. The van der Waals surface area contributed by atoms with E-state index in [4.69, 9.17) is 0 Å². The van der Waals surface area contributed by atoms with Crippen LogP contribution in [0.25, 0.3) is 0 Å². The molecule has 0 saturated carbocycles. The first-order chi connectivity index (χ1) is 12.1. The highest BCUT2D eigenvalue weighted by atomic mass is 32.2. The second-order valence-electron chi connectivity index (χ2n) is 5.97. The van der Waals surface area contributed by atoms with E-state index in [1.54, 1.807) is 6.92 Å². The summed E-state index contributed by atoms with van der Waals surface area (Å²) in [5, 5.41) is 2.67. The second-order valence-corrected chi connectivity index (χ2v) is 7.83. The Morgan fingerprint density at radius 1 is 1.04 bits per heavy atom. The predicted molar refractivity (Wildman–Crippen MR) is 96.1 cm³/mol. The van der Waals surface area contributed by atoms with Crippen molar-refractivity contribution < 1.29 is 22.0 Å². The van der Waals surface area contributed by atoms with Crippen molar-refractivity contribution in [1.29, 1.82) is 0 Å². The number of carbonyl (C=O) groups excluding carboxylic acids is 1. The van der Waals surface area contributed by atoms with Crippen LogP contribution in [0.3, 0.4) is 0 Å². The van der Waals surface area contributed by atoms with Gasteiger partial charge < -0.3 is 5.32 Å². The van der Waals surface area contributed by atoms with E-state index in [1.165, 1.54) is 49.4 Å².